The molecule has 3 heteroatoms. The largest absolute Gasteiger partial charge is 0.345 e. The number of unbranched alkanes of at least 4 members (excludes halogenated alkanes) is 1. The molecule has 2 unspecified atom stereocenters. The summed E-state index contributed by atoms with van der Waals surface area (Å²) < 4.78 is 0. The van der Waals surface area contributed by atoms with Crippen molar-refractivity contribution in [2.24, 2.45) is 0 Å². The van der Waals surface area contributed by atoms with Gasteiger partial charge >= 0.3 is 0 Å². The van der Waals surface area contributed by atoms with Crippen molar-refractivity contribution in [1.82, 2.24) is 5.32 Å². The Morgan fingerprint density at radius 1 is 1.21 bits per heavy atom. The highest BCUT2D eigenvalue weighted by atomic mass is 16.2. The first-order valence-corrected chi connectivity index (χ1v) is 6.96. The van der Waals surface area contributed by atoms with Gasteiger partial charge in [-0.05, 0) is 31.4 Å². The fourth-order valence-electron chi connectivity index (χ4n) is 2.64. The number of benzene rings is 1. The molecular weight excluding hydrogens is 238 g/mol. The van der Waals surface area contributed by atoms with Crippen molar-refractivity contribution in [2.45, 2.75) is 52.0 Å². The van der Waals surface area contributed by atoms with Crippen molar-refractivity contribution in [3.8, 4) is 0 Å². The lowest BCUT2D eigenvalue weighted by atomic mass is 9.89. The molecule has 2 rings (SSSR count). The van der Waals surface area contributed by atoms with Crippen LogP contribution >= 0.6 is 0 Å². The molecule has 1 heterocycles. The van der Waals surface area contributed by atoms with Crippen LogP contribution in [0.1, 0.15) is 48.8 Å². The summed E-state index contributed by atoms with van der Waals surface area (Å²) in [6.45, 7) is 6.02. The van der Waals surface area contributed by atoms with Gasteiger partial charge in [0.15, 0.2) is 5.78 Å². The highest BCUT2D eigenvalue weighted by Crippen LogP contribution is 2.28. The van der Waals surface area contributed by atoms with Crippen LogP contribution < -0.4 is 5.32 Å². The summed E-state index contributed by atoms with van der Waals surface area (Å²) in [5.74, 6) is -0.714. The first-order chi connectivity index (χ1) is 9.04. The second kappa shape index (κ2) is 5.55. The van der Waals surface area contributed by atoms with Crippen LogP contribution in [0, 0.1) is 13.8 Å². The molecule has 1 amide bonds. The van der Waals surface area contributed by atoms with Crippen LogP contribution in [0.15, 0.2) is 18.2 Å². The van der Waals surface area contributed by atoms with E-state index in [1.165, 1.54) is 0 Å². The minimum Gasteiger partial charge on any atom is -0.345 e. The van der Waals surface area contributed by atoms with Crippen LogP contribution in [-0.2, 0) is 9.59 Å². The summed E-state index contributed by atoms with van der Waals surface area (Å²) in [6, 6.07) is 5.65. The summed E-state index contributed by atoms with van der Waals surface area (Å²) in [7, 11) is 0. The molecule has 1 aromatic carbocycles. The Morgan fingerprint density at radius 3 is 2.63 bits per heavy atom. The molecule has 0 saturated carbocycles. The quantitative estimate of drug-likeness (QED) is 0.845. The molecule has 2 atom stereocenters. The smallest absolute Gasteiger partial charge is 0.235 e. The summed E-state index contributed by atoms with van der Waals surface area (Å²) >= 11 is 0. The van der Waals surface area contributed by atoms with Gasteiger partial charge in [0.2, 0.25) is 5.91 Å². The zero-order valence-corrected chi connectivity index (χ0v) is 11.8. The van der Waals surface area contributed by atoms with Crippen molar-refractivity contribution >= 4 is 11.7 Å². The molecular formula is C16H21NO2. The molecule has 0 aromatic heterocycles. The fourth-order valence-corrected chi connectivity index (χ4v) is 2.64. The van der Waals surface area contributed by atoms with Crippen LogP contribution in [0.5, 0.6) is 0 Å². The van der Waals surface area contributed by atoms with Gasteiger partial charge in [0.05, 0.1) is 6.04 Å². The maximum atomic E-state index is 12.4. The number of aryl methyl sites for hydroxylation is 2. The summed E-state index contributed by atoms with van der Waals surface area (Å²) in [5.41, 5.74) is 2.95. The molecule has 3 nitrogen and oxygen atoms in total. The van der Waals surface area contributed by atoms with Crippen LogP contribution in [0.2, 0.25) is 0 Å². The highest BCUT2D eigenvalue weighted by Gasteiger charge is 2.41. The summed E-state index contributed by atoms with van der Waals surface area (Å²) in [6.07, 6.45) is 2.76. The van der Waals surface area contributed by atoms with E-state index in [0.717, 1.165) is 36.0 Å². The van der Waals surface area contributed by atoms with E-state index in [1.54, 1.807) is 0 Å². The number of Topliss-reactive ketones (excluding diaryl/α,β-unsaturated/α-hetero) is 1. The molecule has 1 fully saturated rings. The topological polar surface area (TPSA) is 46.2 Å². The SMILES string of the molecule is CCCCC1NC(=O)C(c2cc(C)ccc2C)C1=O. The molecule has 0 aliphatic carbocycles. The number of amides is 1. The van der Waals surface area contributed by atoms with Crippen molar-refractivity contribution in [2.75, 3.05) is 0 Å². The van der Waals surface area contributed by atoms with Gasteiger partial charge in [-0.2, -0.15) is 0 Å². The number of ketones is 1. The zero-order chi connectivity index (χ0) is 14.0. The van der Waals surface area contributed by atoms with Gasteiger partial charge in [0.25, 0.3) is 0 Å². The lowest BCUT2D eigenvalue weighted by Gasteiger charge is -2.11. The Labute approximate surface area is 114 Å². The lowest BCUT2D eigenvalue weighted by Crippen LogP contribution is -2.28. The first kappa shape index (κ1) is 13.8. The molecule has 0 radical (unpaired) electrons. The standard InChI is InChI=1S/C16H21NO2/c1-4-5-6-13-15(18)14(16(19)17-13)12-9-10(2)7-8-11(12)3/h7-9,13-14H,4-6H2,1-3H3,(H,17,19). The normalized spacial score (nSPS) is 22.7. The third-order valence-electron chi connectivity index (χ3n) is 3.80. The van der Waals surface area contributed by atoms with Gasteiger partial charge < -0.3 is 5.32 Å². The van der Waals surface area contributed by atoms with Crippen LogP contribution in [-0.4, -0.2) is 17.7 Å². The molecule has 0 spiro atoms. The third kappa shape index (κ3) is 2.70. The van der Waals surface area contributed by atoms with Gasteiger partial charge in [-0.25, -0.2) is 0 Å². The van der Waals surface area contributed by atoms with E-state index in [1.807, 2.05) is 32.0 Å². The number of rotatable bonds is 4. The van der Waals surface area contributed by atoms with Gasteiger partial charge in [-0.1, -0.05) is 43.5 Å². The Kier molecular flexibility index (Phi) is 4.03. The Hall–Kier alpha value is -1.64. The maximum absolute atomic E-state index is 12.4. The number of hydrogen-bond acceptors (Lipinski definition) is 2. The first-order valence-electron chi connectivity index (χ1n) is 6.96. The molecule has 102 valence electrons. The van der Waals surface area contributed by atoms with Crippen LogP contribution in [0.4, 0.5) is 0 Å². The fraction of sp³-hybridized carbons (Fsp3) is 0.500. The van der Waals surface area contributed by atoms with Crippen LogP contribution in [0.25, 0.3) is 0 Å². The van der Waals surface area contributed by atoms with E-state index in [9.17, 15) is 9.59 Å². The van der Waals surface area contributed by atoms with Crippen molar-refractivity contribution in [3.05, 3.63) is 34.9 Å². The molecule has 0 bridgehead atoms. The number of nitrogens with one attached hydrogen (secondary N) is 1. The second-order valence-corrected chi connectivity index (χ2v) is 5.40. The number of hydrogen-bond donors (Lipinski definition) is 1. The molecule has 1 N–H and O–H groups in total. The monoisotopic (exact) mass is 259 g/mol. The second-order valence-electron chi connectivity index (χ2n) is 5.40. The lowest BCUT2D eigenvalue weighted by molar-refractivity contribution is -0.124. The summed E-state index contributed by atoms with van der Waals surface area (Å²) in [4.78, 5) is 24.5. The third-order valence-corrected chi connectivity index (χ3v) is 3.80. The average molecular weight is 259 g/mol. The molecule has 1 aliphatic heterocycles. The van der Waals surface area contributed by atoms with Crippen molar-refractivity contribution in [1.29, 1.82) is 0 Å². The van der Waals surface area contributed by atoms with E-state index in [2.05, 4.69) is 12.2 Å². The van der Waals surface area contributed by atoms with E-state index >= 15 is 0 Å². The number of carbonyl (C=O) groups is 2. The molecule has 1 aliphatic rings. The maximum Gasteiger partial charge on any atom is 0.235 e. The van der Waals surface area contributed by atoms with Gasteiger partial charge in [0.1, 0.15) is 5.92 Å². The van der Waals surface area contributed by atoms with Gasteiger partial charge in [-0.15, -0.1) is 0 Å². The predicted molar refractivity (Wildman–Crippen MR) is 75.1 cm³/mol. The van der Waals surface area contributed by atoms with Gasteiger partial charge in [-0.3, -0.25) is 9.59 Å². The molecule has 1 saturated heterocycles. The molecule has 19 heavy (non-hydrogen) atoms. The van der Waals surface area contributed by atoms with Crippen LogP contribution in [0.3, 0.4) is 0 Å². The Bertz CT molecular complexity index is 507. The summed E-state index contributed by atoms with van der Waals surface area (Å²) in [5, 5.41) is 2.85. The Morgan fingerprint density at radius 2 is 1.95 bits per heavy atom. The predicted octanol–water partition coefficient (Wildman–Crippen LogP) is 2.64. The van der Waals surface area contributed by atoms with Gasteiger partial charge in [0, 0.05) is 0 Å². The number of carbonyl (C=O) groups excluding carboxylic acids is 2. The van der Waals surface area contributed by atoms with Crippen molar-refractivity contribution < 1.29 is 9.59 Å². The van der Waals surface area contributed by atoms with E-state index in [-0.39, 0.29) is 17.7 Å². The Balaban J connectivity index is 2.27. The average Bonchev–Trinajstić information content (AvgIpc) is 2.65. The molecule has 1 aromatic rings. The zero-order valence-electron chi connectivity index (χ0n) is 11.8. The van der Waals surface area contributed by atoms with E-state index < -0.39 is 5.92 Å². The highest BCUT2D eigenvalue weighted by molar-refractivity contribution is 6.15. The van der Waals surface area contributed by atoms with E-state index in [4.69, 9.17) is 0 Å². The minimum absolute atomic E-state index is 0.0344. The minimum atomic E-state index is -0.609. The van der Waals surface area contributed by atoms with E-state index in [0.29, 0.717) is 0 Å². The van der Waals surface area contributed by atoms with Crippen molar-refractivity contribution in [3.63, 3.8) is 0 Å².